The lowest BCUT2D eigenvalue weighted by Crippen LogP contribution is -2.19. The number of anilines is 2. The molecule has 27 heavy (non-hydrogen) atoms. The number of carbonyl (C=O) groups excluding carboxylic acids is 1. The smallest absolute Gasteiger partial charge is 0.226 e. The molecule has 0 saturated carbocycles. The number of rotatable bonds is 4. The van der Waals surface area contributed by atoms with Crippen molar-refractivity contribution in [2.75, 3.05) is 10.6 Å². The van der Waals surface area contributed by atoms with Crippen LogP contribution in [0.15, 0.2) is 59.7 Å². The number of hydrogen-bond acceptors (Lipinski definition) is 4. The zero-order chi connectivity index (χ0) is 19.4. The molecule has 1 aliphatic rings. The average molecular weight is 362 g/mol. The molecule has 0 spiro atoms. The summed E-state index contributed by atoms with van der Waals surface area (Å²) in [6.45, 7) is 6.03. The molecule has 1 amide bonds. The molecule has 5 heteroatoms. The highest BCUT2D eigenvalue weighted by molar-refractivity contribution is 6.24. The highest BCUT2D eigenvalue weighted by Gasteiger charge is 2.22. The molecule has 0 aliphatic carbocycles. The molecule has 0 aromatic heterocycles. The maximum Gasteiger partial charge on any atom is 0.226 e. The van der Waals surface area contributed by atoms with E-state index in [1.165, 1.54) is 0 Å². The number of hydrogen-bond donors (Lipinski definition) is 3. The van der Waals surface area contributed by atoms with E-state index in [2.05, 4.69) is 29.7 Å². The lowest BCUT2D eigenvalue weighted by molar-refractivity contribution is -0.116. The molecule has 2 unspecified atom stereocenters. The minimum atomic E-state index is 0.00673. The quantitative estimate of drug-likeness (QED) is 0.707. The first-order valence-electron chi connectivity index (χ1n) is 9.21. The maximum absolute atomic E-state index is 12.0. The number of nitrogens with zero attached hydrogens (tertiary/aromatic N) is 1. The van der Waals surface area contributed by atoms with Crippen LogP contribution in [0.1, 0.15) is 44.4 Å². The Labute approximate surface area is 160 Å². The first kappa shape index (κ1) is 18.7. The Morgan fingerprint density at radius 2 is 1.96 bits per heavy atom. The van der Waals surface area contributed by atoms with Crippen molar-refractivity contribution in [2.45, 2.75) is 39.3 Å². The van der Waals surface area contributed by atoms with E-state index in [1.54, 1.807) is 6.20 Å². The lowest BCUT2D eigenvalue weighted by Gasteiger charge is -2.19. The van der Waals surface area contributed by atoms with Gasteiger partial charge in [-0.2, -0.15) is 0 Å². The van der Waals surface area contributed by atoms with Gasteiger partial charge in [0.2, 0.25) is 5.91 Å². The third-order valence-electron chi connectivity index (χ3n) is 4.74. The predicted molar refractivity (Wildman–Crippen MR) is 113 cm³/mol. The third kappa shape index (κ3) is 4.19. The molecule has 5 nitrogen and oxygen atoms in total. The van der Waals surface area contributed by atoms with Gasteiger partial charge in [-0.3, -0.25) is 9.79 Å². The van der Waals surface area contributed by atoms with Gasteiger partial charge in [0.25, 0.3) is 0 Å². The van der Waals surface area contributed by atoms with Gasteiger partial charge in [-0.25, -0.2) is 0 Å². The van der Waals surface area contributed by atoms with Crippen LogP contribution in [-0.4, -0.2) is 17.7 Å². The zero-order valence-electron chi connectivity index (χ0n) is 16.0. The molecule has 2 aromatic carbocycles. The Balaban J connectivity index is 1.98. The molecular weight excluding hydrogens is 336 g/mol. The molecule has 0 saturated heterocycles. The fraction of sp³-hybridized carbons (Fsp3) is 0.273. The highest BCUT2D eigenvalue weighted by Crippen LogP contribution is 2.35. The van der Waals surface area contributed by atoms with Gasteiger partial charge in [0.05, 0.1) is 17.4 Å². The van der Waals surface area contributed by atoms with Crippen LogP contribution in [0.25, 0.3) is 5.57 Å². The van der Waals surface area contributed by atoms with E-state index in [0.717, 1.165) is 33.8 Å². The molecule has 2 aromatic rings. The van der Waals surface area contributed by atoms with Crippen molar-refractivity contribution in [1.82, 2.24) is 0 Å². The van der Waals surface area contributed by atoms with Crippen LogP contribution in [0.2, 0.25) is 0 Å². The molecule has 1 aliphatic heterocycles. The normalized spacial score (nSPS) is 18.8. The number of aliphatic imine (C=N–C) groups is 1. The Morgan fingerprint density at radius 1 is 1.22 bits per heavy atom. The van der Waals surface area contributed by atoms with Crippen LogP contribution in [0.3, 0.4) is 0 Å². The van der Waals surface area contributed by atoms with E-state index in [1.807, 2.05) is 50.2 Å². The second-order valence-electron chi connectivity index (χ2n) is 6.91. The summed E-state index contributed by atoms with van der Waals surface area (Å²) in [5.74, 6) is 0.00673. The van der Waals surface area contributed by atoms with Crippen LogP contribution in [0.4, 0.5) is 11.4 Å². The fourth-order valence-electron chi connectivity index (χ4n) is 3.38. The number of allylic oxidation sites excluding steroid dienone is 1. The molecule has 0 bridgehead atoms. The van der Waals surface area contributed by atoms with E-state index >= 15 is 0 Å². The van der Waals surface area contributed by atoms with Gasteiger partial charge in [-0.05, 0) is 32.4 Å². The van der Waals surface area contributed by atoms with Crippen molar-refractivity contribution in [3.05, 3.63) is 65.9 Å². The van der Waals surface area contributed by atoms with Crippen LogP contribution < -0.4 is 16.4 Å². The third-order valence-corrected chi connectivity index (χ3v) is 4.74. The van der Waals surface area contributed by atoms with Crippen LogP contribution in [-0.2, 0) is 4.79 Å². The highest BCUT2D eigenvalue weighted by atomic mass is 16.1. The molecule has 3 rings (SSSR count). The second-order valence-corrected chi connectivity index (χ2v) is 6.91. The summed E-state index contributed by atoms with van der Waals surface area (Å²) in [4.78, 5) is 16.9. The van der Waals surface area contributed by atoms with Crippen molar-refractivity contribution in [2.24, 2.45) is 10.7 Å². The van der Waals surface area contributed by atoms with Crippen LogP contribution in [0.5, 0.6) is 0 Å². The van der Waals surface area contributed by atoms with Crippen LogP contribution >= 0.6 is 0 Å². The SMILES string of the molecule is CC(=NC(C)c1ccccc1)C(=CN)c1cccc2c1NC(C)CC(=O)N2. The van der Waals surface area contributed by atoms with E-state index in [-0.39, 0.29) is 18.0 Å². The van der Waals surface area contributed by atoms with Crippen molar-refractivity contribution in [3.8, 4) is 0 Å². The number of carbonyl (C=O) groups is 1. The average Bonchev–Trinajstić information content (AvgIpc) is 2.79. The van der Waals surface area contributed by atoms with Gasteiger partial charge in [-0.1, -0.05) is 42.5 Å². The standard InChI is InChI=1S/C22H26N4O/c1-14-12-21(27)26-20-11-7-10-18(22(20)24-14)19(13-23)16(3)25-15(2)17-8-5-4-6-9-17/h4-11,13-15,24H,12,23H2,1-3H3,(H,26,27). The van der Waals surface area contributed by atoms with E-state index in [0.29, 0.717) is 6.42 Å². The van der Waals surface area contributed by atoms with Gasteiger partial charge in [-0.15, -0.1) is 0 Å². The monoisotopic (exact) mass is 362 g/mol. The minimum Gasteiger partial charge on any atom is -0.404 e. The Hall–Kier alpha value is -3.08. The largest absolute Gasteiger partial charge is 0.404 e. The summed E-state index contributed by atoms with van der Waals surface area (Å²) in [5.41, 5.74) is 11.4. The van der Waals surface area contributed by atoms with Crippen molar-refractivity contribution >= 4 is 28.6 Å². The first-order chi connectivity index (χ1) is 13.0. The van der Waals surface area contributed by atoms with Gasteiger partial charge in [0.15, 0.2) is 0 Å². The maximum atomic E-state index is 12.0. The van der Waals surface area contributed by atoms with Crippen LogP contribution in [0, 0.1) is 0 Å². The van der Waals surface area contributed by atoms with Crippen molar-refractivity contribution in [3.63, 3.8) is 0 Å². The summed E-state index contributed by atoms with van der Waals surface area (Å²) < 4.78 is 0. The molecule has 2 atom stereocenters. The number of nitrogens with one attached hydrogen (secondary N) is 2. The van der Waals surface area contributed by atoms with E-state index < -0.39 is 0 Å². The Morgan fingerprint density at radius 3 is 2.67 bits per heavy atom. The number of fused-ring (bicyclic) bond motifs is 1. The Bertz CT molecular complexity index is 886. The van der Waals surface area contributed by atoms with Crippen molar-refractivity contribution in [1.29, 1.82) is 0 Å². The summed E-state index contributed by atoms with van der Waals surface area (Å²) in [7, 11) is 0. The van der Waals surface area contributed by atoms with Gasteiger partial charge in [0, 0.05) is 35.5 Å². The number of nitrogens with two attached hydrogens (primary N) is 1. The predicted octanol–water partition coefficient (Wildman–Crippen LogP) is 4.35. The molecule has 0 radical (unpaired) electrons. The number of benzene rings is 2. The number of amides is 1. The minimum absolute atomic E-state index is 0.00673. The zero-order valence-corrected chi connectivity index (χ0v) is 16.0. The fourth-order valence-corrected chi connectivity index (χ4v) is 3.38. The second kappa shape index (κ2) is 8.08. The summed E-state index contributed by atoms with van der Waals surface area (Å²) in [6.07, 6.45) is 2.01. The topological polar surface area (TPSA) is 79.5 Å². The van der Waals surface area contributed by atoms with Gasteiger partial charge < -0.3 is 16.4 Å². The van der Waals surface area contributed by atoms with Crippen molar-refractivity contribution < 1.29 is 4.79 Å². The molecule has 0 fully saturated rings. The summed E-state index contributed by atoms with van der Waals surface area (Å²) in [5, 5.41) is 6.41. The summed E-state index contributed by atoms with van der Waals surface area (Å²) in [6, 6.07) is 16.0. The first-order valence-corrected chi connectivity index (χ1v) is 9.21. The number of para-hydroxylation sites is 1. The van der Waals surface area contributed by atoms with Gasteiger partial charge >= 0.3 is 0 Å². The van der Waals surface area contributed by atoms with Gasteiger partial charge in [0.1, 0.15) is 0 Å². The summed E-state index contributed by atoms with van der Waals surface area (Å²) >= 11 is 0. The Kier molecular flexibility index (Phi) is 5.60. The van der Waals surface area contributed by atoms with E-state index in [4.69, 9.17) is 10.7 Å². The molecule has 4 N–H and O–H groups in total. The molecular formula is C22H26N4O. The molecule has 1 heterocycles. The van der Waals surface area contributed by atoms with E-state index in [9.17, 15) is 4.79 Å². The lowest BCUT2D eigenvalue weighted by atomic mass is 9.98. The molecule has 140 valence electrons.